The number of methoxy groups -OCH3 is 1. The van der Waals surface area contributed by atoms with Crippen LogP contribution in [-0.4, -0.2) is 25.1 Å². The smallest absolute Gasteiger partial charge is 0.160 e. The van der Waals surface area contributed by atoms with E-state index < -0.39 is 0 Å². The van der Waals surface area contributed by atoms with Gasteiger partial charge in [0, 0.05) is 18.4 Å². The van der Waals surface area contributed by atoms with Crippen molar-refractivity contribution in [2.24, 2.45) is 0 Å². The van der Waals surface area contributed by atoms with E-state index in [0.29, 0.717) is 4.88 Å². The molecule has 2 aromatic rings. The Morgan fingerprint density at radius 2 is 2.12 bits per heavy atom. The molecule has 0 aliphatic heterocycles. The SMILES string of the molecule is CCOC.O=Cc1cc2cc(O)ccc2s1. The van der Waals surface area contributed by atoms with E-state index in [9.17, 15) is 4.79 Å². The van der Waals surface area contributed by atoms with Crippen LogP contribution in [0.25, 0.3) is 10.1 Å². The number of carbonyl (C=O) groups excluding carboxylic acids is 1. The van der Waals surface area contributed by atoms with Crippen LogP contribution in [0.3, 0.4) is 0 Å². The third-order valence-electron chi connectivity index (χ3n) is 1.92. The summed E-state index contributed by atoms with van der Waals surface area (Å²) in [6, 6.07) is 6.85. The number of benzene rings is 1. The molecule has 1 heterocycles. The van der Waals surface area contributed by atoms with Crippen LogP contribution in [0, 0.1) is 0 Å². The van der Waals surface area contributed by atoms with Gasteiger partial charge in [-0.05, 0) is 36.6 Å². The highest BCUT2D eigenvalue weighted by Gasteiger charge is 2.00. The Morgan fingerprint density at radius 3 is 2.69 bits per heavy atom. The second-order valence-corrected chi connectivity index (χ2v) is 4.18. The Labute approximate surface area is 98.3 Å². The molecule has 16 heavy (non-hydrogen) atoms. The zero-order valence-electron chi connectivity index (χ0n) is 9.27. The van der Waals surface area contributed by atoms with Crippen LogP contribution < -0.4 is 0 Å². The number of hydrogen-bond donors (Lipinski definition) is 1. The topological polar surface area (TPSA) is 46.5 Å². The van der Waals surface area contributed by atoms with Gasteiger partial charge in [-0.2, -0.15) is 0 Å². The van der Waals surface area contributed by atoms with Gasteiger partial charge in [-0.1, -0.05) is 0 Å². The van der Waals surface area contributed by atoms with Crippen molar-refractivity contribution < 1.29 is 14.6 Å². The molecule has 86 valence electrons. The summed E-state index contributed by atoms with van der Waals surface area (Å²) < 4.78 is 5.56. The first-order valence-electron chi connectivity index (χ1n) is 4.88. The van der Waals surface area contributed by atoms with Gasteiger partial charge < -0.3 is 9.84 Å². The zero-order valence-corrected chi connectivity index (χ0v) is 10.1. The maximum Gasteiger partial charge on any atom is 0.160 e. The lowest BCUT2D eigenvalue weighted by molar-refractivity contribution is 0.112. The number of phenolic OH excluding ortho intramolecular Hbond substituents is 1. The molecule has 3 nitrogen and oxygen atoms in total. The first-order chi connectivity index (χ1) is 7.71. The first-order valence-corrected chi connectivity index (χ1v) is 5.69. The Bertz CT molecular complexity index is 460. The quantitative estimate of drug-likeness (QED) is 0.818. The summed E-state index contributed by atoms with van der Waals surface area (Å²) in [5, 5.41) is 10.0. The molecule has 0 spiro atoms. The molecule has 0 bridgehead atoms. The van der Waals surface area contributed by atoms with Crippen LogP contribution in [-0.2, 0) is 4.74 Å². The van der Waals surface area contributed by atoms with Crippen LogP contribution in [0.1, 0.15) is 16.6 Å². The van der Waals surface area contributed by atoms with Crippen molar-refractivity contribution in [3.05, 3.63) is 29.1 Å². The Morgan fingerprint density at radius 1 is 1.44 bits per heavy atom. The third kappa shape index (κ3) is 3.32. The van der Waals surface area contributed by atoms with Crippen molar-refractivity contribution in [2.75, 3.05) is 13.7 Å². The highest BCUT2D eigenvalue weighted by molar-refractivity contribution is 7.20. The number of carbonyl (C=O) groups is 1. The van der Waals surface area contributed by atoms with Crippen LogP contribution in [0.4, 0.5) is 0 Å². The standard InChI is InChI=1S/C9H6O2S.C3H8O/c10-5-8-4-6-3-7(11)1-2-9(6)12-8;1-3-4-2/h1-5,11H;3H2,1-2H3. The lowest BCUT2D eigenvalue weighted by Crippen LogP contribution is -1.73. The van der Waals surface area contributed by atoms with E-state index in [1.54, 1.807) is 25.3 Å². The Hall–Kier alpha value is -1.39. The minimum absolute atomic E-state index is 0.234. The molecule has 0 amide bonds. The molecule has 2 rings (SSSR count). The van der Waals surface area contributed by atoms with Crippen molar-refractivity contribution in [3.63, 3.8) is 0 Å². The molecule has 0 unspecified atom stereocenters. The summed E-state index contributed by atoms with van der Waals surface area (Å²) in [5.74, 6) is 0.234. The average molecular weight is 238 g/mol. The number of hydrogen-bond acceptors (Lipinski definition) is 4. The van der Waals surface area contributed by atoms with E-state index in [1.165, 1.54) is 11.3 Å². The molecule has 0 radical (unpaired) electrons. The first kappa shape index (κ1) is 12.7. The maximum absolute atomic E-state index is 10.4. The second-order valence-electron chi connectivity index (χ2n) is 3.07. The van der Waals surface area contributed by atoms with E-state index >= 15 is 0 Å². The third-order valence-corrected chi connectivity index (χ3v) is 2.97. The van der Waals surface area contributed by atoms with Gasteiger partial charge in [0.2, 0.25) is 0 Å². The van der Waals surface area contributed by atoms with Gasteiger partial charge in [0.05, 0.1) is 4.88 Å². The number of rotatable bonds is 2. The minimum atomic E-state index is 0.234. The summed E-state index contributed by atoms with van der Waals surface area (Å²) in [4.78, 5) is 11.1. The lowest BCUT2D eigenvalue weighted by atomic mass is 10.2. The number of aromatic hydroxyl groups is 1. The number of aldehydes is 1. The van der Waals surface area contributed by atoms with Gasteiger partial charge in [-0.3, -0.25) is 4.79 Å². The van der Waals surface area contributed by atoms with Crippen molar-refractivity contribution in [1.29, 1.82) is 0 Å². The van der Waals surface area contributed by atoms with E-state index in [-0.39, 0.29) is 5.75 Å². The van der Waals surface area contributed by atoms with E-state index in [0.717, 1.165) is 23.0 Å². The largest absolute Gasteiger partial charge is 0.508 e. The van der Waals surface area contributed by atoms with Crippen molar-refractivity contribution in [2.45, 2.75) is 6.92 Å². The molecule has 0 fully saturated rings. The fourth-order valence-corrected chi connectivity index (χ4v) is 1.97. The predicted octanol–water partition coefficient (Wildman–Crippen LogP) is 3.07. The molecular formula is C12H14O3S. The molecule has 1 N–H and O–H groups in total. The van der Waals surface area contributed by atoms with Gasteiger partial charge >= 0.3 is 0 Å². The minimum Gasteiger partial charge on any atom is -0.508 e. The maximum atomic E-state index is 10.4. The van der Waals surface area contributed by atoms with Crippen molar-refractivity contribution in [1.82, 2.24) is 0 Å². The highest BCUT2D eigenvalue weighted by atomic mass is 32.1. The van der Waals surface area contributed by atoms with E-state index in [1.807, 2.05) is 13.0 Å². The molecule has 1 aromatic carbocycles. The fourth-order valence-electron chi connectivity index (χ4n) is 1.11. The highest BCUT2D eigenvalue weighted by Crippen LogP contribution is 2.27. The molecule has 4 heteroatoms. The average Bonchev–Trinajstić information content (AvgIpc) is 2.71. The van der Waals surface area contributed by atoms with Crippen LogP contribution in [0.15, 0.2) is 24.3 Å². The second kappa shape index (κ2) is 6.25. The summed E-state index contributed by atoms with van der Waals surface area (Å²) >= 11 is 1.43. The fraction of sp³-hybridized carbons (Fsp3) is 0.250. The monoisotopic (exact) mass is 238 g/mol. The predicted molar refractivity (Wildman–Crippen MR) is 66.4 cm³/mol. The normalized spacial score (nSPS) is 9.62. The van der Waals surface area contributed by atoms with Crippen LogP contribution in [0.5, 0.6) is 5.75 Å². The molecular weight excluding hydrogens is 224 g/mol. The summed E-state index contributed by atoms with van der Waals surface area (Å²) in [6.07, 6.45) is 0.821. The zero-order chi connectivity index (χ0) is 12.0. The summed E-state index contributed by atoms with van der Waals surface area (Å²) in [7, 11) is 1.68. The molecule has 0 aliphatic rings. The summed E-state index contributed by atoms with van der Waals surface area (Å²) in [6.45, 7) is 2.78. The number of phenols is 1. The van der Waals surface area contributed by atoms with Crippen molar-refractivity contribution in [3.8, 4) is 5.75 Å². The van der Waals surface area contributed by atoms with Gasteiger partial charge in [-0.15, -0.1) is 11.3 Å². The molecule has 0 saturated carbocycles. The molecule has 0 atom stereocenters. The van der Waals surface area contributed by atoms with Crippen molar-refractivity contribution >= 4 is 27.7 Å². The number of thiophene rings is 1. The lowest BCUT2D eigenvalue weighted by Gasteiger charge is -1.89. The number of fused-ring (bicyclic) bond motifs is 1. The Kier molecular flexibility index (Phi) is 4.95. The number of ether oxygens (including phenoxy) is 1. The van der Waals surface area contributed by atoms with Crippen LogP contribution in [0.2, 0.25) is 0 Å². The summed E-state index contributed by atoms with van der Waals surface area (Å²) in [5.41, 5.74) is 0. The van der Waals surface area contributed by atoms with E-state index in [4.69, 9.17) is 5.11 Å². The van der Waals surface area contributed by atoms with E-state index in [2.05, 4.69) is 4.74 Å². The van der Waals surface area contributed by atoms with Gasteiger partial charge in [0.25, 0.3) is 0 Å². The molecule has 0 saturated heterocycles. The van der Waals surface area contributed by atoms with Gasteiger partial charge in [-0.25, -0.2) is 0 Å². The van der Waals surface area contributed by atoms with Gasteiger partial charge in [0.1, 0.15) is 5.75 Å². The van der Waals surface area contributed by atoms with Gasteiger partial charge in [0.15, 0.2) is 6.29 Å². The molecule has 1 aromatic heterocycles. The Balaban J connectivity index is 0.000000280. The van der Waals surface area contributed by atoms with Crippen LogP contribution >= 0.6 is 11.3 Å². The molecule has 0 aliphatic carbocycles.